The Labute approximate surface area is 85.8 Å². The summed E-state index contributed by atoms with van der Waals surface area (Å²) in [6.45, 7) is 0.910. The Hall–Kier alpha value is -0.310. The zero-order valence-corrected chi connectivity index (χ0v) is 8.29. The minimum absolute atomic E-state index is 0.0335. The molecule has 1 fully saturated rings. The Morgan fingerprint density at radius 3 is 2.62 bits per heavy atom. The van der Waals surface area contributed by atoms with Crippen LogP contribution in [0, 0.1) is 5.82 Å². The molecule has 2 rings (SSSR count). The SMILES string of the molecule is Fc1ccc(Cl)c(Cl)c1[C@H]1CCN1. The molecule has 4 heteroatoms. The lowest BCUT2D eigenvalue weighted by Crippen LogP contribution is -2.35. The van der Waals surface area contributed by atoms with Crippen LogP contribution in [0.2, 0.25) is 10.0 Å². The van der Waals surface area contributed by atoms with Gasteiger partial charge in [0, 0.05) is 11.6 Å². The molecule has 0 unspecified atom stereocenters. The molecule has 13 heavy (non-hydrogen) atoms. The van der Waals surface area contributed by atoms with Crippen LogP contribution in [-0.4, -0.2) is 6.54 Å². The number of hydrogen-bond acceptors (Lipinski definition) is 1. The maximum absolute atomic E-state index is 13.3. The molecule has 70 valence electrons. The summed E-state index contributed by atoms with van der Waals surface area (Å²) >= 11 is 11.7. The first-order chi connectivity index (χ1) is 6.20. The van der Waals surface area contributed by atoms with Crippen molar-refractivity contribution in [3.05, 3.63) is 33.6 Å². The van der Waals surface area contributed by atoms with Crippen LogP contribution in [-0.2, 0) is 0 Å². The molecule has 1 heterocycles. The van der Waals surface area contributed by atoms with Gasteiger partial charge in [-0.25, -0.2) is 4.39 Å². The zero-order valence-electron chi connectivity index (χ0n) is 6.78. The Bertz CT molecular complexity index is 337. The fourth-order valence-electron chi connectivity index (χ4n) is 1.40. The molecule has 1 N–H and O–H groups in total. The second-order valence-corrected chi connectivity index (χ2v) is 3.84. The molecule has 1 aliphatic heterocycles. The Kier molecular flexibility index (Phi) is 2.45. The third-order valence-corrected chi connectivity index (χ3v) is 3.07. The van der Waals surface area contributed by atoms with E-state index in [0.717, 1.165) is 13.0 Å². The topological polar surface area (TPSA) is 12.0 Å². The summed E-state index contributed by atoms with van der Waals surface area (Å²) in [7, 11) is 0. The summed E-state index contributed by atoms with van der Waals surface area (Å²) < 4.78 is 13.3. The number of hydrogen-bond donors (Lipinski definition) is 1. The van der Waals surface area contributed by atoms with Gasteiger partial charge in [-0.05, 0) is 25.1 Å². The molecule has 0 amide bonds. The summed E-state index contributed by atoms with van der Waals surface area (Å²) in [5.41, 5.74) is 0.500. The first-order valence-corrected chi connectivity index (χ1v) is 4.82. The molecule has 1 aromatic carbocycles. The molecule has 0 aromatic heterocycles. The summed E-state index contributed by atoms with van der Waals surface area (Å²) in [5.74, 6) is -0.286. The van der Waals surface area contributed by atoms with Gasteiger partial charge in [0.1, 0.15) is 5.82 Å². The molecule has 1 saturated heterocycles. The second-order valence-electron chi connectivity index (χ2n) is 3.05. The number of nitrogens with one attached hydrogen (secondary N) is 1. The predicted octanol–water partition coefficient (Wildman–Crippen LogP) is 3.17. The van der Waals surface area contributed by atoms with Crippen molar-refractivity contribution < 1.29 is 4.39 Å². The van der Waals surface area contributed by atoms with Crippen LogP contribution in [0.25, 0.3) is 0 Å². The van der Waals surface area contributed by atoms with E-state index >= 15 is 0 Å². The first-order valence-electron chi connectivity index (χ1n) is 4.07. The minimum Gasteiger partial charge on any atom is -0.310 e. The highest BCUT2D eigenvalue weighted by Crippen LogP contribution is 2.35. The van der Waals surface area contributed by atoms with Crippen molar-refractivity contribution in [3.8, 4) is 0 Å². The summed E-state index contributed by atoms with van der Waals surface area (Å²) in [6.07, 6.45) is 0.914. The maximum Gasteiger partial charge on any atom is 0.129 e. The predicted molar refractivity (Wildman–Crippen MR) is 51.8 cm³/mol. The third-order valence-electron chi connectivity index (χ3n) is 2.25. The van der Waals surface area contributed by atoms with Crippen molar-refractivity contribution in [2.45, 2.75) is 12.5 Å². The zero-order chi connectivity index (χ0) is 9.42. The number of rotatable bonds is 1. The van der Waals surface area contributed by atoms with E-state index in [4.69, 9.17) is 23.2 Å². The highest BCUT2D eigenvalue weighted by Gasteiger charge is 2.25. The average molecular weight is 220 g/mol. The quantitative estimate of drug-likeness (QED) is 0.716. The molecular formula is C9H8Cl2FN. The van der Waals surface area contributed by atoms with Gasteiger partial charge >= 0.3 is 0 Å². The van der Waals surface area contributed by atoms with Crippen LogP contribution in [0.3, 0.4) is 0 Å². The smallest absolute Gasteiger partial charge is 0.129 e. The van der Waals surface area contributed by atoms with Crippen LogP contribution in [0.5, 0.6) is 0 Å². The van der Waals surface area contributed by atoms with Crippen molar-refractivity contribution in [2.75, 3.05) is 6.54 Å². The average Bonchev–Trinajstić information content (AvgIpc) is 2.02. The van der Waals surface area contributed by atoms with Crippen molar-refractivity contribution in [3.63, 3.8) is 0 Å². The van der Waals surface area contributed by atoms with Gasteiger partial charge in [0.2, 0.25) is 0 Å². The van der Waals surface area contributed by atoms with E-state index in [1.165, 1.54) is 12.1 Å². The lowest BCUT2D eigenvalue weighted by Gasteiger charge is -2.29. The van der Waals surface area contributed by atoms with E-state index in [-0.39, 0.29) is 11.9 Å². The number of benzene rings is 1. The van der Waals surface area contributed by atoms with Gasteiger partial charge in [-0.1, -0.05) is 23.2 Å². The van der Waals surface area contributed by atoms with Crippen LogP contribution in [0.15, 0.2) is 12.1 Å². The van der Waals surface area contributed by atoms with Crippen LogP contribution < -0.4 is 5.32 Å². The van der Waals surface area contributed by atoms with Crippen LogP contribution in [0.1, 0.15) is 18.0 Å². The molecule has 1 aliphatic rings. The van der Waals surface area contributed by atoms with Gasteiger partial charge < -0.3 is 5.32 Å². The molecule has 1 nitrogen and oxygen atoms in total. The summed E-state index contributed by atoms with van der Waals surface area (Å²) in [5, 5.41) is 3.83. The Morgan fingerprint density at radius 1 is 1.38 bits per heavy atom. The fourth-order valence-corrected chi connectivity index (χ4v) is 1.85. The lowest BCUT2D eigenvalue weighted by atomic mass is 9.97. The maximum atomic E-state index is 13.3. The van der Waals surface area contributed by atoms with Gasteiger partial charge in [0.25, 0.3) is 0 Å². The van der Waals surface area contributed by atoms with Gasteiger partial charge in [-0.15, -0.1) is 0 Å². The molecular weight excluding hydrogens is 212 g/mol. The van der Waals surface area contributed by atoms with Gasteiger partial charge in [0.15, 0.2) is 0 Å². The molecule has 1 aromatic rings. The first kappa shape index (κ1) is 9.25. The van der Waals surface area contributed by atoms with Crippen LogP contribution >= 0.6 is 23.2 Å². The Morgan fingerprint density at radius 2 is 2.08 bits per heavy atom. The second kappa shape index (κ2) is 3.45. The van der Waals surface area contributed by atoms with Gasteiger partial charge in [0.05, 0.1) is 10.0 Å². The molecule has 0 radical (unpaired) electrons. The molecule has 0 spiro atoms. The van der Waals surface area contributed by atoms with Gasteiger partial charge in [-0.3, -0.25) is 0 Å². The van der Waals surface area contributed by atoms with E-state index in [9.17, 15) is 4.39 Å². The van der Waals surface area contributed by atoms with Crippen molar-refractivity contribution >= 4 is 23.2 Å². The van der Waals surface area contributed by atoms with Crippen molar-refractivity contribution in [1.29, 1.82) is 0 Å². The van der Waals surface area contributed by atoms with E-state index in [2.05, 4.69) is 5.32 Å². The van der Waals surface area contributed by atoms with Crippen molar-refractivity contribution in [1.82, 2.24) is 5.32 Å². The monoisotopic (exact) mass is 219 g/mol. The fraction of sp³-hybridized carbons (Fsp3) is 0.333. The number of halogens is 3. The van der Waals surface area contributed by atoms with Crippen molar-refractivity contribution in [2.24, 2.45) is 0 Å². The molecule has 0 bridgehead atoms. The van der Waals surface area contributed by atoms with Crippen LogP contribution in [0.4, 0.5) is 4.39 Å². The lowest BCUT2D eigenvalue weighted by molar-refractivity contribution is 0.370. The van der Waals surface area contributed by atoms with E-state index in [0.29, 0.717) is 15.6 Å². The minimum atomic E-state index is -0.286. The highest BCUT2D eigenvalue weighted by molar-refractivity contribution is 6.42. The van der Waals surface area contributed by atoms with Gasteiger partial charge in [-0.2, -0.15) is 0 Å². The molecule has 0 saturated carbocycles. The standard InChI is InChI=1S/C9H8Cl2FN/c10-5-1-2-6(12)8(9(5)11)7-3-4-13-7/h1-2,7,13H,3-4H2/t7-/m1/s1. The van der Waals surface area contributed by atoms with E-state index < -0.39 is 0 Å². The molecule has 0 aliphatic carbocycles. The normalized spacial score (nSPS) is 21.3. The summed E-state index contributed by atoms with van der Waals surface area (Å²) in [4.78, 5) is 0. The largest absolute Gasteiger partial charge is 0.310 e. The van der Waals surface area contributed by atoms with E-state index in [1.54, 1.807) is 0 Å². The third kappa shape index (κ3) is 1.54. The van der Waals surface area contributed by atoms with E-state index in [1.807, 2.05) is 0 Å². The highest BCUT2D eigenvalue weighted by atomic mass is 35.5. The summed E-state index contributed by atoms with van der Waals surface area (Å²) in [6, 6.07) is 2.86. The molecule has 1 atom stereocenters. The Balaban J connectivity index is 2.46.